The fraction of sp³-hybridized carbons (Fsp3) is 0.400. The van der Waals surface area contributed by atoms with Crippen molar-refractivity contribution in [3.63, 3.8) is 0 Å². The van der Waals surface area contributed by atoms with Gasteiger partial charge in [0, 0.05) is 18.8 Å². The van der Waals surface area contributed by atoms with Gasteiger partial charge in [-0.3, -0.25) is 0 Å². The summed E-state index contributed by atoms with van der Waals surface area (Å²) in [5.41, 5.74) is 0.557. The Morgan fingerprint density at radius 3 is 2.29 bits per heavy atom. The summed E-state index contributed by atoms with van der Waals surface area (Å²) in [4.78, 5) is 1.89. The number of anilines is 1. The standard InChI is InChI=1S/C10H10F2NO/c11-8-5-9(12)7-10(6-8)13-1-3-14-4-2-13/h6-7H,1-4H2. The van der Waals surface area contributed by atoms with Gasteiger partial charge in [-0.25, -0.2) is 8.78 Å². The summed E-state index contributed by atoms with van der Waals surface area (Å²) in [6.45, 7) is 2.54. The zero-order valence-corrected chi connectivity index (χ0v) is 7.59. The van der Waals surface area contributed by atoms with Gasteiger partial charge in [-0.15, -0.1) is 0 Å². The van der Waals surface area contributed by atoms with Crippen LogP contribution in [0, 0.1) is 17.7 Å². The van der Waals surface area contributed by atoms with Crippen LogP contribution in [-0.2, 0) is 4.74 Å². The summed E-state index contributed by atoms with van der Waals surface area (Å²) in [6.07, 6.45) is 0. The summed E-state index contributed by atoms with van der Waals surface area (Å²) in [7, 11) is 0. The molecule has 1 aromatic rings. The lowest BCUT2D eigenvalue weighted by Gasteiger charge is -2.28. The normalized spacial score (nSPS) is 17.1. The average molecular weight is 198 g/mol. The number of hydrogen-bond acceptors (Lipinski definition) is 2. The van der Waals surface area contributed by atoms with Crippen LogP contribution in [0.2, 0.25) is 0 Å². The van der Waals surface area contributed by atoms with Crippen molar-refractivity contribution in [2.75, 3.05) is 31.2 Å². The highest BCUT2D eigenvalue weighted by atomic mass is 19.1. The van der Waals surface area contributed by atoms with E-state index in [4.69, 9.17) is 4.74 Å². The molecule has 4 heteroatoms. The van der Waals surface area contributed by atoms with Crippen molar-refractivity contribution in [2.24, 2.45) is 0 Å². The molecule has 1 fully saturated rings. The van der Waals surface area contributed by atoms with Crippen molar-refractivity contribution in [1.29, 1.82) is 0 Å². The lowest BCUT2D eigenvalue weighted by atomic mass is 10.2. The molecule has 0 amide bonds. The van der Waals surface area contributed by atoms with Crippen LogP contribution in [-0.4, -0.2) is 26.3 Å². The molecule has 14 heavy (non-hydrogen) atoms. The van der Waals surface area contributed by atoms with Gasteiger partial charge in [-0.05, 0) is 12.1 Å². The van der Waals surface area contributed by atoms with Gasteiger partial charge in [0.05, 0.1) is 19.3 Å². The summed E-state index contributed by atoms with van der Waals surface area (Å²) in [6, 6.07) is 4.53. The predicted molar refractivity (Wildman–Crippen MR) is 48.2 cm³/mol. The number of nitrogens with zero attached hydrogens (tertiary/aromatic N) is 1. The van der Waals surface area contributed by atoms with E-state index in [9.17, 15) is 8.78 Å². The Hall–Kier alpha value is -1.16. The topological polar surface area (TPSA) is 12.5 Å². The van der Waals surface area contributed by atoms with Crippen molar-refractivity contribution >= 4 is 5.69 Å². The minimum Gasteiger partial charge on any atom is -0.378 e. The number of morpholine rings is 1. The largest absolute Gasteiger partial charge is 0.378 e. The summed E-state index contributed by atoms with van der Waals surface area (Å²) in [5, 5.41) is 0. The first-order chi connectivity index (χ1) is 6.75. The zero-order valence-electron chi connectivity index (χ0n) is 7.59. The molecule has 2 rings (SSSR count). The van der Waals surface area contributed by atoms with Gasteiger partial charge in [-0.2, -0.15) is 0 Å². The maximum absolute atomic E-state index is 12.8. The third-order valence-corrected chi connectivity index (χ3v) is 2.16. The molecule has 0 aromatic heterocycles. The number of benzene rings is 1. The molecule has 1 aliphatic heterocycles. The average Bonchev–Trinajstić information content (AvgIpc) is 2.18. The number of hydrogen-bond donors (Lipinski definition) is 0. The van der Waals surface area contributed by atoms with Gasteiger partial charge in [0.15, 0.2) is 0 Å². The molecule has 0 spiro atoms. The molecule has 1 aromatic carbocycles. The minimum absolute atomic E-state index is 0.557. The monoisotopic (exact) mass is 198 g/mol. The van der Waals surface area contributed by atoms with Gasteiger partial charge >= 0.3 is 0 Å². The second-order valence-corrected chi connectivity index (χ2v) is 3.13. The van der Waals surface area contributed by atoms with Crippen molar-refractivity contribution < 1.29 is 13.5 Å². The Morgan fingerprint density at radius 1 is 1.14 bits per heavy atom. The van der Waals surface area contributed by atoms with Crippen LogP contribution >= 0.6 is 0 Å². The molecule has 0 bridgehead atoms. The molecular formula is C10H10F2NO. The van der Waals surface area contributed by atoms with Crippen molar-refractivity contribution in [1.82, 2.24) is 0 Å². The molecule has 1 aliphatic rings. The van der Waals surface area contributed by atoms with Crippen LogP contribution in [0.15, 0.2) is 12.1 Å². The molecule has 0 saturated carbocycles. The van der Waals surface area contributed by atoms with Crippen LogP contribution < -0.4 is 4.90 Å². The van der Waals surface area contributed by atoms with Crippen LogP contribution in [0.3, 0.4) is 0 Å². The molecule has 0 N–H and O–H groups in total. The number of halogens is 2. The van der Waals surface area contributed by atoms with Crippen molar-refractivity contribution in [3.8, 4) is 0 Å². The van der Waals surface area contributed by atoms with E-state index in [1.807, 2.05) is 11.0 Å². The van der Waals surface area contributed by atoms with E-state index in [-0.39, 0.29) is 0 Å². The summed E-state index contributed by atoms with van der Waals surface area (Å²) in [5.74, 6) is -1.32. The number of ether oxygens (including phenoxy) is 1. The lowest BCUT2D eigenvalue weighted by molar-refractivity contribution is 0.122. The Morgan fingerprint density at radius 2 is 1.71 bits per heavy atom. The Balaban J connectivity index is 2.21. The van der Waals surface area contributed by atoms with Gasteiger partial charge in [0.2, 0.25) is 0 Å². The van der Waals surface area contributed by atoms with E-state index in [0.29, 0.717) is 32.0 Å². The third-order valence-electron chi connectivity index (χ3n) is 2.16. The third kappa shape index (κ3) is 2.01. The van der Waals surface area contributed by atoms with E-state index >= 15 is 0 Å². The zero-order chi connectivity index (χ0) is 9.97. The van der Waals surface area contributed by atoms with Crippen LogP contribution in [0.5, 0.6) is 0 Å². The molecule has 0 aliphatic carbocycles. The molecule has 0 unspecified atom stereocenters. The molecule has 1 radical (unpaired) electrons. The fourth-order valence-corrected chi connectivity index (χ4v) is 1.49. The summed E-state index contributed by atoms with van der Waals surface area (Å²) >= 11 is 0. The lowest BCUT2D eigenvalue weighted by Crippen LogP contribution is -2.36. The van der Waals surface area contributed by atoms with Gasteiger partial charge < -0.3 is 9.64 Å². The van der Waals surface area contributed by atoms with Crippen LogP contribution in [0.1, 0.15) is 0 Å². The summed E-state index contributed by atoms with van der Waals surface area (Å²) < 4.78 is 30.8. The quantitative estimate of drug-likeness (QED) is 0.679. The highest BCUT2D eigenvalue weighted by Gasteiger charge is 2.12. The molecule has 2 nitrogen and oxygen atoms in total. The van der Waals surface area contributed by atoms with Gasteiger partial charge in [0.25, 0.3) is 0 Å². The van der Waals surface area contributed by atoms with Crippen molar-refractivity contribution in [2.45, 2.75) is 0 Å². The highest BCUT2D eigenvalue weighted by Crippen LogP contribution is 2.18. The van der Waals surface area contributed by atoms with Crippen molar-refractivity contribution in [3.05, 3.63) is 29.8 Å². The van der Waals surface area contributed by atoms with E-state index in [1.165, 1.54) is 12.1 Å². The van der Waals surface area contributed by atoms with E-state index in [1.54, 1.807) is 0 Å². The predicted octanol–water partition coefficient (Wildman–Crippen LogP) is 1.60. The molecule has 75 valence electrons. The smallest absolute Gasteiger partial charge is 0.136 e. The first kappa shape index (κ1) is 9.40. The Kier molecular flexibility index (Phi) is 2.63. The van der Waals surface area contributed by atoms with Crippen LogP contribution in [0.4, 0.5) is 14.5 Å². The van der Waals surface area contributed by atoms with E-state index in [0.717, 1.165) is 0 Å². The van der Waals surface area contributed by atoms with E-state index in [2.05, 4.69) is 0 Å². The first-order valence-electron chi connectivity index (χ1n) is 4.47. The second kappa shape index (κ2) is 3.92. The van der Waals surface area contributed by atoms with E-state index < -0.39 is 11.6 Å². The molecular weight excluding hydrogens is 188 g/mol. The maximum Gasteiger partial charge on any atom is 0.136 e. The first-order valence-corrected chi connectivity index (χ1v) is 4.47. The fourth-order valence-electron chi connectivity index (χ4n) is 1.49. The molecule has 1 heterocycles. The van der Waals surface area contributed by atoms with Gasteiger partial charge in [-0.1, -0.05) is 0 Å². The SMILES string of the molecule is Fc1[c]c(F)cc(N2CCOCC2)c1. The molecule has 0 atom stereocenters. The van der Waals surface area contributed by atoms with Gasteiger partial charge in [0.1, 0.15) is 11.6 Å². The minimum atomic E-state index is -0.661. The highest BCUT2D eigenvalue weighted by molar-refractivity contribution is 5.46. The Labute approximate surface area is 81.1 Å². The van der Waals surface area contributed by atoms with Crippen LogP contribution in [0.25, 0.3) is 0 Å². The Bertz CT molecular complexity index is 304. The molecule has 1 saturated heterocycles. The number of rotatable bonds is 1. The maximum atomic E-state index is 12.8. The second-order valence-electron chi connectivity index (χ2n) is 3.13.